The van der Waals surface area contributed by atoms with Crippen LogP contribution < -0.4 is 16.4 Å². The number of aromatic amines is 1. The Morgan fingerprint density at radius 2 is 1.41 bits per heavy atom. The quantitative estimate of drug-likeness (QED) is 0.350. The van der Waals surface area contributed by atoms with Gasteiger partial charge < -0.3 is 21.4 Å². The van der Waals surface area contributed by atoms with E-state index in [0.717, 1.165) is 60.8 Å². The number of rotatable bonds is 7. The van der Waals surface area contributed by atoms with Gasteiger partial charge in [0.1, 0.15) is 5.52 Å². The van der Waals surface area contributed by atoms with E-state index in [0.29, 0.717) is 13.1 Å². The van der Waals surface area contributed by atoms with Gasteiger partial charge in [-0.15, -0.1) is 0 Å². The molecule has 0 aliphatic carbocycles. The summed E-state index contributed by atoms with van der Waals surface area (Å²) in [5.41, 5.74) is 13.1. The number of hydrogen-bond donors (Lipinski definition) is 3. The van der Waals surface area contributed by atoms with Crippen LogP contribution >= 0.6 is 63.7 Å². The highest BCUT2D eigenvalue weighted by Gasteiger charge is 2.19. The number of benzene rings is 1. The van der Waals surface area contributed by atoms with Gasteiger partial charge in [0, 0.05) is 22.0 Å². The van der Waals surface area contributed by atoms with E-state index in [9.17, 15) is 0 Å². The maximum Gasteiger partial charge on any atom is 0.203 e. The number of nitrogens with two attached hydrogens (primary N) is 2. The topological polar surface area (TPSA) is 84.0 Å². The summed E-state index contributed by atoms with van der Waals surface area (Å²) in [6.07, 6.45) is 1.83. The van der Waals surface area contributed by atoms with Gasteiger partial charge in [0.2, 0.25) is 5.95 Å². The zero-order chi connectivity index (χ0) is 16.3. The van der Waals surface area contributed by atoms with E-state index in [1.165, 1.54) is 0 Å². The predicted molar refractivity (Wildman–Crippen MR) is 106 cm³/mol. The molecule has 9 heteroatoms. The van der Waals surface area contributed by atoms with Crippen molar-refractivity contribution in [1.29, 1.82) is 0 Å². The third kappa shape index (κ3) is 3.87. The second-order valence-corrected chi connectivity index (χ2v) is 7.98. The molecular weight excluding hydrogens is 546 g/mol. The van der Waals surface area contributed by atoms with Gasteiger partial charge >= 0.3 is 0 Å². The Bertz CT molecular complexity index is 605. The van der Waals surface area contributed by atoms with Crippen LogP contribution in [0, 0.1) is 0 Å². The Kier molecular flexibility index (Phi) is 7.16. The molecule has 5 N–H and O–H groups in total. The molecule has 0 aliphatic rings. The third-order valence-electron chi connectivity index (χ3n) is 3.26. The van der Waals surface area contributed by atoms with Crippen LogP contribution in [0.1, 0.15) is 12.8 Å². The molecule has 2 rings (SSSR count). The van der Waals surface area contributed by atoms with Gasteiger partial charge in [-0.3, -0.25) is 0 Å². The Labute approximate surface area is 163 Å². The fourth-order valence-corrected chi connectivity index (χ4v) is 4.41. The minimum absolute atomic E-state index is 0.657. The van der Waals surface area contributed by atoms with Crippen molar-refractivity contribution < 1.29 is 0 Å². The molecule has 2 aromatic rings. The molecule has 1 aromatic heterocycles. The van der Waals surface area contributed by atoms with Gasteiger partial charge in [-0.25, -0.2) is 4.98 Å². The second kappa shape index (κ2) is 8.43. The van der Waals surface area contributed by atoms with Crippen molar-refractivity contribution in [3.05, 3.63) is 17.9 Å². The van der Waals surface area contributed by atoms with Crippen molar-refractivity contribution in [1.82, 2.24) is 9.97 Å². The molecule has 0 aliphatic heterocycles. The summed E-state index contributed by atoms with van der Waals surface area (Å²) < 4.78 is 3.73. The number of nitrogens with one attached hydrogen (secondary N) is 1. The molecule has 0 unspecified atom stereocenters. The third-order valence-corrected chi connectivity index (χ3v) is 8.01. The zero-order valence-corrected chi connectivity index (χ0v) is 18.1. The summed E-state index contributed by atoms with van der Waals surface area (Å²) in [6, 6.07) is 0. The summed E-state index contributed by atoms with van der Waals surface area (Å²) in [5.74, 6) is 0.836. The lowest BCUT2D eigenvalue weighted by Gasteiger charge is -2.21. The molecule has 0 spiro atoms. The van der Waals surface area contributed by atoms with E-state index < -0.39 is 0 Å². The van der Waals surface area contributed by atoms with Crippen molar-refractivity contribution in [3.63, 3.8) is 0 Å². The number of H-pyrrole nitrogens is 1. The summed E-state index contributed by atoms with van der Waals surface area (Å²) >= 11 is 14.3. The maximum atomic E-state index is 5.64. The van der Waals surface area contributed by atoms with Gasteiger partial charge in [0.25, 0.3) is 0 Å². The second-order valence-electron chi connectivity index (χ2n) is 4.81. The molecule has 1 aromatic carbocycles. The highest BCUT2D eigenvalue weighted by molar-refractivity contribution is 9.15. The van der Waals surface area contributed by atoms with Crippen LogP contribution in [0.25, 0.3) is 11.0 Å². The van der Waals surface area contributed by atoms with Crippen LogP contribution in [0.5, 0.6) is 0 Å². The number of imidazole rings is 1. The Hall–Kier alpha value is 0.330. The Balaban J connectivity index is 2.45. The van der Waals surface area contributed by atoms with Crippen molar-refractivity contribution in [2.45, 2.75) is 12.8 Å². The molecule has 0 fully saturated rings. The summed E-state index contributed by atoms with van der Waals surface area (Å²) in [6.45, 7) is 3.02. The number of anilines is 1. The Morgan fingerprint density at radius 3 is 1.95 bits per heavy atom. The highest BCUT2D eigenvalue weighted by atomic mass is 79.9. The number of aromatic nitrogens is 2. The van der Waals surface area contributed by atoms with Crippen LogP contribution in [0.2, 0.25) is 0 Å². The lowest BCUT2D eigenvalue weighted by Crippen LogP contribution is -2.29. The number of fused-ring (bicyclic) bond motifs is 1. The van der Waals surface area contributed by atoms with E-state index in [1.807, 2.05) is 0 Å². The van der Waals surface area contributed by atoms with E-state index in [-0.39, 0.29) is 0 Å². The molecule has 0 radical (unpaired) electrons. The SMILES string of the molecule is NCCCN(CCCN)c1nc2c(Br)c(Br)c(Br)c(Br)c2[nH]1. The fourth-order valence-electron chi connectivity index (χ4n) is 2.12. The van der Waals surface area contributed by atoms with Crippen molar-refractivity contribution in [3.8, 4) is 0 Å². The lowest BCUT2D eigenvalue weighted by atomic mass is 10.3. The average Bonchev–Trinajstić information content (AvgIpc) is 2.96. The molecule has 0 saturated carbocycles. The van der Waals surface area contributed by atoms with Crippen molar-refractivity contribution >= 4 is 80.7 Å². The minimum atomic E-state index is 0.657. The molecule has 5 nitrogen and oxygen atoms in total. The summed E-state index contributed by atoms with van der Waals surface area (Å²) in [4.78, 5) is 10.3. The van der Waals surface area contributed by atoms with E-state index >= 15 is 0 Å². The maximum absolute atomic E-state index is 5.64. The fraction of sp³-hybridized carbons (Fsp3) is 0.462. The summed E-state index contributed by atoms with van der Waals surface area (Å²) in [7, 11) is 0. The van der Waals surface area contributed by atoms with Crippen molar-refractivity contribution in [2.24, 2.45) is 11.5 Å². The van der Waals surface area contributed by atoms with Gasteiger partial charge in [-0.1, -0.05) is 0 Å². The number of halogens is 4. The lowest BCUT2D eigenvalue weighted by molar-refractivity contribution is 0.689. The van der Waals surface area contributed by atoms with Crippen LogP contribution in [0.3, 0.4) is 0 Å². The minimum Gasteiger partial charge on any atom is -0.342 e. The van der Waals surface area contributed by atoms with Crippen LogP contribution in [-0.2, 0) is 0 Å². The first-order chi connectivity index (χ1) is 10.5. The largest absolute Gasteiger partial charge is 0.342 e. The molecule has 0 amide bonds. The average molecular weight is 563 g/mol. The smallest absolute Gasteiger partial charge is 0.203 e. The van der Waals surface area contributed by atoms with E-state index in [4.69, 9.17) is 16.5 Å². The molecule has 1 heterocycles. The number of nitrogens with zero attached hydrogens (tertiary/aromatic N) is 2. The summed E-state index contributed by atoms with van der Waals surface area (Å²) in [5, 5.41) is 0. The Morgan fingerprint density at radius 1 is 0.864 bits per heavy atom. The number of hydrogen-bond acceptors (Lipinski definition) is 4. The zero-order valence-electron chi connectivity index (χ0n) is 11.8. The van der Waals surface area contributed by atoms with Gasteiger partial charge in [0.05, 0.1) is 14.5 Å². The molecule has 0 bridgehead atoms. The van der Waals surface area contributed by atoms with Crippen LogP contribution in [0.4, 0.5) is 5.95 Å². The molecule has 0 saturated heterocycles. The van der Waals surface area contributed by atoms with Crippen molar-refractivity contribution in [2.75, 3.05) is 31.1 Å². The van der Waals surface area contributed by atoms with Crippen LogP contribution in [-0.4, -0.2) is 36.1 Å². The van der Waals surface area contributed by atoms with Gasteiger partial charge in [0.15, 0.2) is 0 Å². The van der Waals surface area contributed by atoms with Gasteiger partial charge in [-0.05, 0) is 89.7 Å². The molecule has 0 atom stereocenters. The first-order valence-electron chi connectivity index (χ1n) is 6.88. The monoisotopic (exact) mass is 559 g/mol. The van der Waals surface area contributed by atoms with Crippen LogP contribution in [0.15, 0.2) is 17.9 Å². The van der Waals surface area contributed by atoms with E-state index in [2.05, 4.69) is 73.6 Å². The molecule has 22 heavy (non-hydrogen) atoms. The first-order valence-corrected chi connectivity index (χ1v) is 10.0. The highest BCUT2D eigenvalue weighted by Crippen LogP contribution is 2.43. The predicted octanol–water partition coefficient (Wildman–Crippen LogP) is 4.12. The van der Waals surface area contributed by atoms with E-state index in [1.54, 1.807) is 0 Å². The standard InChI is InChI=1S/C13H17Br4N5/c14-7-8(15)10(17)12-11(9(7)16)20-13(21-12)22(5-1-3-18)6-2-4-19/h1-6,18-19H2,(H,20,21). The van der Waals surface area contributed by atoms with Gasteiger partial charge in [-0.2, -0.15) is 0 Å². The molecule has 122 valence electrons. The normalized spacial score (nSPS) is 11.4. The first kappa shape index (κ1) is 18.7. The molecular formula is C13H17Br4N5.